The molecule has 6 heteroatoms. The van der Waals surface area contributed by atoms with Crippen LogP contribution in [0.1, 0.15) is 22.5 Å². The first kappa shape index (κ1) is 9.85. The summed E-state index contributed by atoms with van der Waals surface area (Å²) in [5.74, 6) is -0.735. The van der Waals surface area contributed by atoms with Gasteiger partial charge in [0.1, 0.15) is 11.4 Å². The van der Waals surface area contributed by atoms with Crippen molar-refractivity contribution in [2.45, 2.75) is 6.43 Å². The molecule has 0 amide bonds. The summed E-state index contributed by atoms with van der Waals surface area (Å²) < 4.78 is 24.0. The van der Waals surface area contributed by atoms with Crippen LogP contribution in [0.3, 0.4) is 0 Å². The van der Waals surface area contributed by atoms with Crippen molar-refractivity contribution in [1.82, 2.24) is 4.98 Å². The molecule has 1 N–H and O–H groups in total. The Bertz CT molecular complexity index is 343. The van der Waals surface area contributed by atoms with Gasteiger partial charge in [0.25, 0.3) is 11.7 Å². The molecule has 0 saturated carbocycles. The van der Waals surface area contributed by atoms with E-state index in [0.717, 1.165) is 12.3 Å². The minimum absolute atomic E-state index is 0.122. The van der Waals surface area contributed by atoms with Gasteiger partial charge in [-0.3, -0.25) is 9.78 Å². The van der Waals surface area contributed by atoms with Gasteiger partial charge in [0.2, 0.25) is 0 Å². The van der Waals surface area contributed by atoms with Crippen LogP contribution < -0.4 is 0 Å². The largest absolute Gasteiger partial charge is 0.506 e. The maximum atomic E-state index is 12.0. The quantitative estimate of drug-likeness (QED) is 0.756. The van der Waals surface area contributed by atoms with Crippen molar-refractivity contribution < 1.29 is 18.7 Å². The lowest BCUT2D eigenvalue weighted by Gasteiger charge is -2.02. The predicted molar refractivity (Wildman–Crippen MR) is 41.0 cm³/mol. The molecule has 0 aliphatic carbocycles. The van der Waals surface area contributed by atoms with Crippen LogP contribution in [0, 0.1) is 0 Å². The molecule has 0 aliphatic heterocycles. The molecule has 0 radical (unpaired) electrons. The molecule has 3 nitrogen and oxygen atoms in total. The number of carbonyl (C=O) groups excluding carboxylic acids is 1. The van der Waals surface area contributed by atoms with Crippen molar-refractivity contribution in [2.75, 3.05) is 0 Å². The molecular formula is C7H4ClF2NO2. The van der Waals surface area contributed by atoms with Crippen LogP contribution >= 0.6 is 11.6 Å². The van der Waals surface area contributed by atoms with E-state index in [1.165, 1.54) is 0 Å². The maximum Gasteiger partial charge on any atom is 0.284 e. The van der Waals surface area contributed by atoms with E-state index in [-0.39, 0.29) is 5.56 Å². The smallest absolute Gasteiger partial charge is 0.284 e. The molecule has 0 fully saturated rings. The number of hydrogen-bond acceptors (Lipinski definition) is 3. The summed E-state index contributed by atoms with van der Waals surface area (Å²) in [4.78, 5) is 13.7. The van der Waals surface area contributed by atoms with E-state index in [2.05, 4.69) is 4.98 Å². The minimum Gasteiger partial charge on any atom is -0.506 e. The van der Waals surface area contributed by atoms with Gasteiger partial charge in [0, 0.05) is 6.20 Å². The summed E-state index contributed by atoms with van der Waals surface area (Å²) >= 11 is 5.03. The maximum absolute atomic E-state index is 12.0. The SMILES string of the molecule is O=C(Cl)c1cnc(C(F)F)c(O)c1. The summed E-state index contributed by atoms with van der Waals surface area (Å²) in [6, 6.07) is 0.851. The summed E-state index contributed by atoms with van der Waals surface area (Å²) in [7, 11) is 0. The van der Waals surface area contributed by atoms with E-state index < -0.39 is 23.1 Å². The first-order valence-electron chi connectivity index (χ1n) is 3.19. The van der Waals surface area contributed by atoms with E-state index in [0.29, 0.717) is 0 Å². The molecule has 0 aliphatic rings. The van der Waals surface area contributed by atoms with Gasteiger partial charge in [-0.2, -0.15) is 0 Å². The first-order chi connectivity index (χ1) is 6.02. The minimum atomic E-state index is -2.88. The molecule has 0 unspecified atom stereocenters. The number of nitrogens with zero attached hydrogens (tertiary/aromatic N) is 1. The molecule has 0 saturated heterocycles. The Kier molecular flexibility index (Phi) is 2.77. The van der Waals surface area contributed by atoms with Crippen LogP contribution in [0.2, 0.25) is 0 Å². The van der Waals surface area contributed by atoms with Gasteiger partial charge >= 0.3 is 0 Å². The summed E-state index contributed by atoms with van der Waals surface area (Å²) in [6.45, 7) is 0. The standard InChI is InChI=1S/C7H4ClF2NO2/c8-6(13)3-1-4(12)5(7(9)10)11-2-3/h1-2,7,12H. The van der Waals surface area contributed by atoms with Crippen molar-refractivity contribution in [3.63, 3.8) is 0 Å². The van der Waals surface area contributed by atoms with Crippen LogP contribution in [0.25, 0.3) is 0 Å². The van der Waals surface area contributed by atoms with Gasteiger partial charge in [0.15, 0.2) is 0 Å². The van der Waals surface area contributed by atoms with Gasteiger partial charge < -0.3 is 5.11 Å². The van der Waals surface area contributed by atoms with Crippen molar-refractivity contribution in [2.24, 2.45) is 0 Å². The van der Waals surface area contributed by atoms with E-state index >= 15 is 0 Å². The first-order valence-corrected chi connectivity index (χ1v) is 3.57. The Hall–Kier alpha value is -1.23. The Morgan fingerprint density at radius 2 is 2.23 bits per heavy atom. The van der Waals surface area contributed by atoms with Crippen LogP contribution in [0.4, 0.5) is 8.78 Å². The number of hydrogen-bond donors (Lipinski definition) is 1. The highest BCUT2D eigenvalue weighted by Crippen LogP contribution is 2.26. The molecule has 0 atom stereocenters. The lowest BCUT2D eigenvalue weighted by molar-refractivity contribution is 0.107. The van der Waals surface area contributed by atoms with E-state index in [9.17, 15) is 13.6 Å². The molecule has 0 spiro atoms. The molecule has 1 rings (SSSR count). The molecule has 0 aromatic carbocycles. The Balaban J connectivity index is 3.13. The van der Waals surface area contributed by atoms with Gasteiger partial charge in [-0.15, -0.1) is 0 Å². The van der Waals surface area contributed by atoms with Gasteiger partial charge in [-0.05, 0) is 17.7 Å². The number of carbonyl (C=O) groups is 1. The number of aromatic hydroxyl groups is 1. The number of rotatable bonds is 2. The zero-order valence-corrected chi connectivity index (χ0v) is 6.92. The molecule has 70 valence electrons. The molecule has 13 heavy (non-hydrogen) atoms. The van der Waals surface area contributed by atoms with Crippen molar-refractivity contribution >= 4 is 16.8 Å². The number of pyridine rings is 1. The van der Waals surface area contributed by atoms with E-state index in [4.69, 9.17) is 16.7 Å². The van der Waals surface area contributed by atoms with Gasteiger partial charge in [-0.1, -0.05) is 0 Å². The monoisotopic (exact) mass is 207 g/mol. The molecule has 1 aromatic rings. The predicted octanol–water partition coefficient (Wildman–Crippen LogP) is 2.10. The topological polar surface area (TPSA) is 50.2 Å². The lowest BCUT2D eigenvalue weighted by Crippen LogP contribution is -1.95. The lowest BCUT2D eigenvalue weighted by atomic mass is 10.2. The average molecular weight is 208 g/mol. The third kappa shape index (κ3) is 2.12. The Morgan fingerprint density at radius 3 is 2.62 bits per heavy atom. The second kappa shape index (κ2) is 3.66. The van der Waals surface area contributed by atoms with Crippen LogP contribution in [-0.4, -0.2) is 15.3 Å². The molecule has 0 bridgehead atoms. The zero-order chi connectivity index (χ0) is 10.0. The summed E-state index contributed by atoms with van der Waals surface area (Å²) in [5.41, 5.74) is -0.884. The number of halogens is 3. The van der Waals surface area contributed by atoms with E-state index in [1.54, 1.807) is 0 Å². The number of alkyl halides is 2. The Morgan fingerprint density at radius 1 is 1.62 bits per heavy atom. The highest BCUT2D eigenvalue weighted by molar-refractivity contribution is 6.67. The highest BCUT2D eigenvalue weighted by Gasteiger charge is 2.16. The summed E-state index contributed by atoms with van der Waals surface area (Å²) in [6.07, 6.45) is -1.99. The fraction of sp³-hybridized carbons (Fsp3) is 0.143. The zero-order valence-electron chi connectivity index (χ0n) is 6.17. The van der Waals surface area contributed by atoms with E-state index in [1.807, 2.05) is 0 Å². The number of aromatic nitrogens is 1. The third-order valence-electron chi connectivity index (χ3n) is 1.33. The second-order valence-corrected chi connectivity index (χ2v) is 2.55. The van der Waals surface area contributed by atoms with Gasteiger partial charge in [0.05, 0.1) is 5.56 Å². The van der Waals surface area contributed by atoms with Gasteiger partial charge in [-0.25, -0.2) is 8.78 Å². The molecule has 1 heterocycles. The fourth-order valence-corrected chi connectivity index (χ4v) is 0.843. The van der Waals surface area contributed by atoms with Crippen molar-refractivity contribution in [3.8, 4) is 5.75 Å². The summed E-state index contributed by atoms with van der Waals surface area (Å²) in [5, 5.41) is 8.10. The van der Waals surface area contributed by atoms with Crippen molar-refractivity contribution in [3.05, 3.63) is 23.5 Å². The highest BCUT2D eigenvalue weighted by atomic mass is 35.5. The van der Waals surface area contributed by atoms with Crippen LogP contribution in [-0.2, 0) is 0 Å². The second-order valence-electron chi connectivity index (χ2n) is 2.20. The van der Waals surface area contributed by atoms with Crippen LogP contribution in [0.15, 0.2) is 12.3 Å². The average Bonchev–Trinajstić information content (AvgIpc) is 2.03. The molecule has 1 aromatic heterocycles. The fourth-order valence-electron chi connectivity index (χ4n) is 0.739. The normalized spacial score (nSPS) is 10.5. The molecular weight excluding hydrogens is 204 g/mol. The van der Waals surface area contributed by atoms with Crippen molar-refractivity contribution in [1.29, 1.82) is 0 Å². The van der Waals surface area contributed by atoms with Crippen LogP contribution in [0.5, 0.6) is 5.75 Å². The third-order valence-corrected chi connectivity index (χ3v) is 1.55. The Labute approximate surface area is 77.0 Å².